The van der Waals surface area contributed by atoms with Crippen molar-refractivity contribution in [2.24, 2.45) is 0 Å². The van der Waals surface area contributed by atoms with E-state index in [9.17, 15) is 18.8 Å². The minimum absolute atomic E-state index is 0.0379. The molecule has 0 bridgehead atoms. The van der Waals surface area contributed by atoms with Crippen LogP contribution in [0.25, 0.3) is 0 Å². The second kappa shape index (κ2) is 7.50. The van der Waals surface area contributed by atoms with Crippen LogP contribution in [0.5, 0.6) is 0 Å². The van der Waals surface area contributed by atoms with Gasteiger partial charge >= 0.3 is 6.09 Å². The molecule has 0 radical (unpaired) electrons. The highest BCUT2D eigenvalue weighted by molar-refractivity contribution is 7.14. The smallest absolute Gasteiger partial charge is 0.413 e. The maximum atomic E-state index is 12.8. The lowest BCUT2D eigenvalue weighted by Crippen LogP contribution is -2.30. The number of thiophene rings is 1. The Bertz CT molecular complexity index is 727. The van der Waals surface area contributed by atoms with Gasteiger partial charge in [-0.15, -0.1) is 11.3 Å². The molecule has 120 valence electrons. The molecule has 1 aromatic carbocycles. The van der Waals surface area contributed by atoms with Crippen LogP contribution in [0.15, 0.2) is 35.7 Å². The molecular formula is C15H13FN2O4S. The number of imide groups is 1. The number of carbonyl (C=O) groups excluding carboxylic acids is 3. The van der Waals surface area contributed by atoms with Gasteiger partial charge in [0.1, 0.15) is 10.8 Å². The molecule has 1 aromatic heterocycles. The monoisotopic (exact) mass is 336 g/mol. The van der Waals surface area contributed by atoms with Crippen molar-refractivity contribution in [1.29, 1.82) is 0 Å². The van der Waals surface area contributed by atoms with Gasteiger partial charge in [0.2, 0.25) is 5.91 Å². The van der Waals surface area contributed by atoms with E-state index in [4.69, 9.17) is 0 Å². The third kappa shape index (κ3) is 4.62. The molecule has 2 rings (SSSR count). The Balaban J connectivity index is 2.01. The van der Waals surface area contributed by atoms with Gasteiger partial charge in [0, 0.05) is 0 Å². The van der Waals surface area contributed by atoms with E-state index in [1.54, 1.807) is 5.38 Å². The second-order valence-corrected chi connectivity index (χ2v) is 5.38. The van der Waals surface area contributed by atoms with Gasteiger partial charge in [-0.25, -0.2) is 9.18 Å². The van der Waals surface area contributed by atoms with E-state index in [2.05, 4.69) is 10.1 Å². The molecule has 0 aliphatic carbocycles. The van der Waals surface area contributed by atoms with Gasteiger partial charge in [-0.05, 0) is 29.1 Å². The summed E-state index contributed by atoms with van der Waals surface area (Å²) in [4.78, 5) is 34.9. The van der Waals surface area contributed by atoms with Gasteiger partial charge in [0.15, 0.2) is 0 Å². The van der Waals surface area contributed by atoms with Crippen LogP contribution in [-0.4, -0.2) is 25.0 Å². The van der Waals surface area contributed by atoms with Crippen LogP contribution in [0.3, 0.4) is 0 Å². The van der Waals surface area contributed by atoms with Crippen molar-refractivity contribution >= 4 is 34.2 Å². The molecule has 2 N–H and O–H groups in total. The quantitative estimate of drug-likeness (QED) is 0.899. The Morgan fingerprint density at radius 1 is 1.17 bits per heavy atom. The summed E-state index contributed by atoms with van der Waals surface area (Å²) in [5.74, 6) is -1.41. The number of anilines is 1. The fourth-order valence-electron chi connectivity index (χ4n) is 1.75. The van der Waals surface area contributed by atoms with E-state index in [1.807, 2.05) is 5.32 Å². The fourth-order valence-corrected chi connectivity index (χ4v) is 2.56. The molecule has 2 aromatic rings. The summed E-state index contributed by atoms with van der Waals surface area (Å²) in [6.07, 6.45) is -0.847. The van der Waals surface area contributed by atoms with E-state index in [0.29, 0.717) is 10.6 Å². The first-order valence-electron chi connectivity index (χ1n) is 6.50. The summed E-state index contributed by atoms with van der Waals surface area (Å²) < 4.78 is 17.2. The van der Waals surface area contributed by atoms with E-state index in [1.165, 1.54) is 30.3 Å². The summed E-state index contributed by atoms with van der Waals surface area (Å²) >= 11 is 1.15. The predicted molar refractivity (Wildman–Crippen MR) is 82.9 cm³/mol. The van der Waals surface area contributed by atoms with Crippen molar-refractivity contribution in [2.75, 3.05) is 12.4 Å². The molecule has 0 fully saturated rings. The molecule has 0 saturated heterocycles. The first-order chi connectivity index (χ1) is 11.0. The van der Waals surface area contributed by atoms with Gasteiger partial charge < -0.3 is 10.1 Å². The number of benzene rings is 1. The SMILES string of the molecule is COC(=O)NC(=O)c1ccsc1NC(=O)Cc1ccc(F)cc1. The second-order valence-electron chi connectivity index (χ2n) is 4.46. The number of nitrogens with one attached hydrogen (secondary N) is 2. The number of ether oxygens (including phenoxy) is 1. The van der Waals surface area contributed by atoms with Gasteiger partial charge in [-0.3, -0.25) is 14.9 Å². The Hall–Kier alpha value is -2.74. The average Bonchev–Trinajstić information content (AvgIpc) is 2.97. The van der Waals surface area contributed by atoms with E-state index >= 15 is 0 Å². The Morgan fingerprint density at radius 3 is 2.52 bits per heavy atom. The lowest BCUT2D eigenvalue weighted by atomic mass is 10.1. The number of halogens is 1. The molecule has 8 heteroatoms. The van der Waals surface area contributed by atoms with Crippen LogP contribution in [0.2, 0.25) is 0 Å². The standard InChI is InChI=1S/C15H13FN2O4S/c1-22-15(21)18-13(20)11-6-7-23-14(11)17-12(19)8-9-2-4-10(16)5-3-9/h2-7H,8H2,1H3,(H,17,19)(H,18,20,21). The number of carbonyl (C=O) groups is 3. The predicted octanol–water partition coefficient (Wildman–Crippen LogP) is 2.56. The van der Waals surface area contributed by atoms with Crippen molar-refractivity contribution in [2.45, 2.75) is 6.42 Å². The number of hydrogen-bond acceptors (Lipinski definition) is 5. The van der Waals surface area contributed by atoms with Crippen LogP contribution in [-0.2, 0) is 16.0 Å². The van der Waals surface area contributed by atoms with E-state index in [-0.39, 0.29) is 23.7 Å². The van der Waals surface area contributed by atoms with Gasteiger partial charge in [0.25, 0.3) is 5.91 Å². The van der Waals surface area contributed by atoms with Crippen LogP contribution in [0.1, 0.15) is 15.9 Å². The van der Waals surface area contributed by atoms with Crippen molar-refractivity contribution in [3.05, 3.63) is 52.7 Å². The summed E-state index contributed by atoms with van der Waals surface area (Å²) in [5, 5.41) is 6.54. The minimum Gasteiger partial charge on any atom is -0.453 e. The molecule has 0 unspecified atom stereocenters. The van der Waals surface area contributed by atoms with Crippen molar-refractivity contribution in [1.82, 2.24) is 5.32 Å². The zero-order chi connectivity index (χ0) is 16.8. The zero-order valence-electron chi connectivity index (χ0n) is 12.1. The molecule has 0 aliphatic rings. The van der Waals surface area contributed by atoms with Gasteiger partial charge in [-0.1, -0.05) is 12.1 Å². The number of amides is 3. The minimum atomic E-state index is -0.884. The Morgan fingerprint density at radius 2 is 1.87 bits per heavy atom. The van der Waals surface area contributed by atoms with Crippen LogP contribution in [0.4, 0.5) is 14.2 Å². The lowest BCUT2D eigenvalue weighted by Gasteiger charge is -2.06. The molecule has 0 saturated carbocycles. The topological polar surface area (TPSA) is 84.5 Å². The largest absolute Gasteiger partial charge is 0.453 e. The Labute approximate surface area is 135 Å². The van der Waals surface area contributed by atoms with Gasteiger partial charge in [0.05, 0.1) is 19.1 Å². The molecule has 0 aliphatic heterocycles. The molecule has 23 heavy (non-hydrogen) atoms. The maximum absolute atomic E-state index is 12.8. The fraction of sp³-hybridized carbons (Fsp3) is 0.133. The first kappa shape index (κ1) is 16.6. The number of hydrogen-bond donors (Lipinski definition) is 2. The molecular weight excluding hydrogens is 323 g/mol. The summed E-state index contributed by atoms with van der Waals surface area (Å²) in [6, 6.07) is 7.03. The summed E-state index contributed by atoms with van der Waals surface area (Å²) in [6.45, 7) is 0. The van der Waals surface area contributed by atoms with Crippen LogP contribution < -0.4 is 10.6 Å². The third-order valence-electron chi connectivity index (χ3n) is 2.84. The van der Waals surface area contributed by atoms with E-state index < -0.39 is 12.0 Å². The van der Waals surface area contributed by atoms with Gasteiger partial charge in [-0.2, -0.15) is 0 Å². The number of alkyl carbamates (subject to hydrolysis) is 1. The summed E-state index contributed by atoms with van der Waals surface area (Å²) in [7, 11) is 1.14. The zero-order valence-corrected chi connectivity index (χ0v) is 12.9. The van der Waals surface area contributed by atoms with Crippen LogP contribution in [0, 0.1) is 5.82 Å². The molecule has 3 amide bonds. The normalized spacial score (nSPS) is 10.0. The van der Waals surface area contributed by atoms with Crippen molar-refractivity contribution in [3.8, 4) is 0 Å². The average molecular weight is 336 g/mol. The molecule has 1 heterocycles. The van der Waals surface area contributed by atoms with Crippen molar-refractivity contribution in [3.63, 3.8) is 0 Å². The highest BCUT2D eigenvalue weighted by atomic mass is 32.1. The van der Waals surface area contributed by atoms with Crippen molar-refractivity contribution < 1.29 is 23.5 Å². The molecule has 0 atom stereocenters. The highest BCUT2D eigenvalue weighted by Gasteiger charge is 2.17. The first-order valence-corrected chi connectivity index (χ1v) is 7.38. The summed E-state index contributed by atoms with van der Waals surface area (Å²) in [5.41, 5.74) is 0.800. The Kier molecular flexibility index (Phi) is 5.42. The van der Waals surface area contributed by atoms with Crippen LogP contribution >= 0.6 is 11.3 Å². The molecule has 0 spiro atoms. The lowest BCUT2D eigenvalue weighted by molar-refractivity contribution is -0.115. The maximum Gasteiger partial charge on any atom is 0.413 e. The number of methoxy groups -OCH3 is 1. The molecule has 6 nitrogen and oxygen atoms in total. The third-order valence-corrected chi connectivity index (χ3v) is 3.67. The number of rotatable bonds is 4. The van der Waals surface area contributed by atoms with E-state index in [0.717, 1.165) is 18.4 Å². The highest BCUT2D eigenvalue weighted by Crippen LogP contribution is 2.23.